The van der Waals surface area contributed by atoms with Crippen LogP contribution >= 0.6 is 0 Å². The van der Waals surface area contributed by atoms with E-state index >= 15 is 0 Å². The van der Waals surface area contributed by atoms with Crippen LogP contribution < -0.4 is 5.32 Å². The Bertz CT molecular complexity index is 529. The van der Waals surface area contributed by atoms with Gasteiger partial charge in [0, 0.05) is 6.20 Å². The molecule has 0 bridgehead atoms. The molecule has 1 heterocycles. The van der Waals surface area contributed by atoms with Gasteiger partial charge in [0.05, 0.1) is 23.6 Å². The van der Waals surface area contributed by atoms with Gasteiger partial charge in [-0.05, 0) is 37.4 Å². The zero-order valence-corrected chi connectivity index (χ0v) is 12.7. The smallest absolute Gasteiger partial charge is 0.0759 e. The van der Waals surface area contributed by atoms with Crippen molar-refractivity contribution in [3.05, 3.63) is 59.2 Å². The van der Waals surface area contributed by atoms with E-state index in [9.17, 15) is 0 Å². The fourth-order valence-corrected chi connectivity index (χ4v) is 2.21. The van der Waals surface area contributed by atoms with Crippen molar-refractivity contribution in [3.8, 4) is 0 Å². The summed E-state index contributed by atoms with van der Waals surface area (Å²) >= 11 is 0. The molecule has 0 spiro atoms. The van der Waals surface area contributed by atoms with E-state index in [1.54, 1.807) is 0 Å². The number of rotatable bonds is 5. The Morgan fingerprint density at radius 1 is 1.05 bits per heavy atom. The average molecular weight is 269 g/mol. The zero-order valence-electron chi connectivity index (χ0n) is 12.7. The molecule has 0 aliphatic rings. The maximum absolute atomic E-state index is 4.47. The molecular weight excluding hydrogens is 246 g/mol. The highest BCUT2D eigenvalue weighted by Crippen LogP contribution is 2.19. The van der Waals surface area contributed by atoms with Gasteiger partial charge in [-0.25, -0.2) is 0 Å². The third-order valence-corrected chi connectivity index (χ3v) is 3.59. The molecular formula is C17H23N3. The Hall–Kier alpha value is -1.74. The van der Waals surface area contributed by atoms with E-state index in [0.717, 1.165) is 17.8 Å². The molecule has 1 unspecified atom stereocenters. The largest absolute Gasteiger partial charge is 0.311 e. The number of aromatic nitrogens is 2. The van der Waals surface area contributed by atoms with Crippen molar-refractivity contribution in [2.45, 2.75) is 39.2 Å². The van der Waals surface area contributed by atoms with E-state index < -0.39 is 0 Å². The molecule has 0 saturated heterocycles. The van der Waals surface area contributed by atoms with Crippen molar-refractivity contribution in [3.63, 3.8) is 0 Å². The normalized spacial score (nSPS) is 12.7. The minimum absolute atomic E-state index is 0.202. The molecule has 2 rings (SSSR count). The number of nitrogens with zero attached hydrogens (tertiary/aromatic N) is 2. The van der Waals surface area contributed by atoms with Crippen LogP contribution in [-0.4, -0.2) is 17.0 Å². The molecule has 3 heteroatoms. The molecule has 0 radical (unpaired) electrons. The van der Waals surface area contributed by atoms with Gasteiger partial charge >= 0.3 is 0 Å². The number of likely N-dealkylation sites (N-methyl/N-ethyl adjacent to an activating group) is 1. The molecule has 106 valence electrons. The second-order valence-corrected chi connectivity index (χ2v) is 5.52. The molecule has 0 saturated carbocycles. The quantitative estimate of drug-likeness (QED) is 0.904. The molecule has 0 fully saturated rings. The summed E-state index contributed by atoms with van der Waals surface area (Å²) in [6, 6.07) is 9.05. The first-order valence-electron chi connectivity index (χ1n) is 7.14. The summed E-state index contributed by atoms with van der Waals surface area (Å²) in [7, 11) is 1.97. The molecule has 20 heavy (non-hydrogen) atoms. The lowest BCUT2D eigenvalue weighted by Gasteiger charge is -2.16. The van der Waals surface area contributed by atoms with Crippen LogP contribution in [0.3, 0.4) is 0 Å². The number of aryl methyl sites for hydroxylation is 1. The molecule has 2 aromatic rings. The van der Waals surface area contributed by atoms with Crippen molar-refractivity contribution >= 4 is 0 Å². The van der Waals surface area contributed by atoms with E-state index in [0.29, 0.717) is 5.92 Å². The fourth-order valence-electron chi connectivity index (χ4n) is 2.21. The van der Waals surface area contributed by atoms with Gasteiger partial charge in [0.15, 0.2) is 0 Å². The van der Waals surface area contributed by atoms with Crippen LogP contribution in [0.5, 0.6) is 0 Å². The maximum atomic E-state index is 4.47. The van der Waals surface area contributed by atoms with Crippen LogP contribution in [0.15, 0.2) is 36.7 Å². The van der Waals surface area contributed by atoms with Crippen LogP contribution in [0, 0.1) is 6.92 Å². The standard InChI is InChI=1S/C17H23N3/c1-12(2)15-7-5-14(6-8-15)9-16(18-4)17-11-19-13(3)10-20-17/h5-8,10-12,16,18H,9H2,1-4H3. The highest BCUT2D eigenvalue weighted by atomic mass is 14.9. The topological polar surface area (TPSA) is 37.8 Å². The first-order chi connectivity index (χ1) is 9.60. The predicted octanol–water partition coefficient (Wildman–Crippen LogP) is 3.41. The van der Waals surface area contributed by atoms with Crippen LogP contribution in [-0.2, 0) is 6.42 Å². The van der Waals surface area contributed by atoms with Crippen molar-refractivity contribution in [1.29, 1.82) is 0 Å². The molecule has 0 amide bonds. The predicted molar refractivity (Wildman–Crippen MR) is 82.8 cm³/mol. The average Bonchev–Trinajstić information content (AvgIpc) is 2.46. The van der Waals surface area contributed by atoms with E-state index in [1.807, 2.05) is 26.4 Å². The highest BCUT2D eigenvalue weighted by molar-refractivity contribution is 5.26. The Kier molecular flexibility index (Phi) is 4.85. The monoisotopic (exact) mass is 269 g/mol. The van der Waals surface area contributed by atoms with Crippen LogP contribution in [0.2, 0.25) is 0 Å². The van der Waals surface area contributed by atoms with Gasteiger partial charge in [-0.1, -0.05) is 38.1 Å². The summed E-state index contributed by atoms with van der Waals surface area (Å²) in [6.07, 6.45) is 4.60. The lowest BCUT2D eigenvalue weighted by atomic mass is 9.98. The van der Waals surface area contributed by atoms with E-state index in [-0.39, 0.29) is 6.04 Å². The Morgan fingerprint density at radius 3 is 2.25 bits per heavy atom. The third-order valence-electron chi connectivity index (χ3n) is 3.59. The lowest BCUT2D eigenvalue weighted by Crippen LogP contribution is -2.20. The van der Waals surface area contributed by atoms with Gasteiger partial charge in [0.1, 0.15) is 0 Å². The van der Waals surface area contributed by atoms with E-state index in [2.05, 4.69) is 53.4 Å². The van der Waals surface area contributed by atoms with E-state index in [1.165, 1.54) is 11.1 Å². The number of benzene rings is 1. The highest BCUT2D eigenvalue weighted by Gasteiger charge is 2.12. The minimum atomic E-state index is 0.202. The van der Waals surface area contributed by atoms with Crippen molar-refractivity contribution in [1.82, 2.24) is 15.3 Å². The van der Waals surface area contributed by atoms with E-state index in [4.69, 9.17) is 0 Å². The summed E-state index contributed by atoms with van der Waals surface area (Å²) < 4.78 is 0. The molecule has 1 aromatic heterocycles. The fraction of sp³-hybridized carbons (Fsp3) is 0.412. The molecule has 1 atom stereocenters. The maximum Gasteiger partial charge on any atom is 0.0759 e. The van der Waals surface area contributed by atoms with Crippen molar-refractivity contribution in [2.24, 2.45) is 0 Å². The first kappa shape index (κ1) is 14.7. The summed E-state index contributed by atoms with van der Waals surface area (Å²) in [5.74, 6) is 0.576. The minimum Gasteiger partial charge on any atom is -0.311 e. The summed E-state index contributed by atoms with van der Waals surface area (Å²) in [4.78, 5) is 8.79. The van der Waals surface area contributed by atoms with Crippen LogP contribution in [0.1, 0.15) is 48.3 Å². The molecule has 0 aliphatic carbocycles. The summed E-state index contributed by atoms with van der Waals surface area (Å²) in [6.45, 7) is 6.39. The zero-order chi connectivity index (χ0) is 14.5. The van der Waals surface area contributed by atoms with Crippen molar-refractivity contribution < 1.29 is 0 Å². The van der Waals surface area contributed by atoms with Gasteiger partial charge in [0.25, 0.3) is 0 Å². The number of hydrogen-bond donors (Lipinski definition) is 1. The van der Waals surface area contributed by atoms with Gasteiger partial charge in [-0.3, -0.25) is 9.97 Å². The summed E-state index contributed by atoms with van der Waals surface area (Å²) in [5.41, 5.74) is 4.64. The molecule has 1 N–H and O–H groups in total. The number of hydrogen-bond acceptors (Lipinski definition) is 3. The first-order valence-corrected chi connectivity index (χ1v) is 7.14. The van der Waals surface area contributed by atoms with Crippen LogP contribution in [0.25, 0.3) is 0 Å². The summed E-state index contributed by atoms with van der Waals surface area (Å²) in [5, 5.41) is 3.32. The molecule has 3 nitrogen and oxygen atoms in total. The van der Waals surface area contributed by atoms with Gasteiger partial charge in [-0.2, -0.15) is 0 Å². The molecule has 0 aliphatic heterocycles. The van der Waals surface area contributed by atoms with Gasteiger partial charge < -0.3 is 5.32 Å². The second kappa shape index (κ2) is 6.62. The Balaban J connectivity index is 2.11. The van der Waals surface area contributed by atoms with Gasteiger partial charge in [0.2, 0.25) is 0 Å². The Morgan fingerprint density at radius 2 is 1.75 bits per heavy atom. The second-order valence-electron chi connectivity index (χ2n) is 5.52. The van der Waals surface area contributed by atoms with Gasteiger partial charge in [-0.15, -0.1) is 0 Å². The molecule has 1 aromatic carbocycles. The SMILES string of the molecule is CNC(Cc1ccc(C(C)C)cc1)c1cnc(C)cn1. The van der Waals surface area contributed by atoms with Crippen molar-refractivity contribution in [2.75, 3.05) is 7.05 Å². The Labute approximate surface area is 121 Å². The third kappa shape index (κ3) is 3.64. The van der Waals surface area contributed by atoms with Crippen LogP contribution in [0.4, 0.5) is 0 Å². The number of nitrogens with one attached hydrogen (secondary N) is 1. The lowest BCUT2D eigenvalue weighted by molar-refractivity contribution is 0.572.